The molecule has 2 heterocycles. The summed E-state index contributed by atoms with van der Waals surface area (Å²) in [6.45, 7) is 13.3. The number of nitrogens with zero attached hydrogens (tertiary/aromatic N) is 1. The summed E-state index contributed by atoms with van der Waals surface area (Å²) in [7, 11) is -0.638. The van der Waals surface area contributed by atoms with Crippen LogP contribution in [0.5, 0.6) is 0 Å². The Labute approximate surface area is 184 Å². The molecule has 1 fully saturated rings. The molecule has 1 aliphatic heterocycles. The smallest absolute Gasteiger partial charge is 0.458 e. The van der Waals surface area contributed by atoms with Gasteiger partial charge in [-0.3, -0.25) is 4.79 Å². The van der Waals surface area contributed by atoms with E-state index in [1.54, 1.807) is 12.3 Å². The summed E-state index contributed by atoms with van der Waals surface area (Å²) in [4.78, 5) is 26.1. The molecule has 166 valence electrons. The van der Waals surface area contributed by atoms with Crippen LogP contribution in [0.2, 0.25) is 0 Å². The summed E-state index contributed by atoms with van der Waals surface area (Å²) >= 11 is 0. The van der Waals surface area contributed by atoms with E-state index in [0.717, 1.165) is 5.56 Å². The van der Waals surface area contributed by atoms with E-state index in [2.05, 4.69) is 0 Å². The molecule has 7 heteroatoms. The minimum absolute atomic E-state index is 0.306. The highest BCUT2D eigenvalue weighted by molar-refractivity contribution is 6.62. The van der Waals surface area contributed by atoms with E-state index in [0.29, 0.717) is 11.9 Å². The Morgan fingerprint density at radius 1 is 1.06 bits per heavy atom. The zero-order valence-electron chi connectivity index (χ0n) is 19.5. The van der Waals surface area contributed by atoms with Gasteiger partial charge < -0.3 is 18.6 Å². The minimum atomic E-state index is -0.776. The standard InChI is InChI=1S/C24H32BNO5/c1-22(2,3)29-21(28)19(15-17-11-9-8-10-12-17)26-14-13-18(16-20(26)27)25-30-23(4,5)24(6,7)31-25/h8-14,16,19H,15H2,1-7H3/t19-/m0/s1. The number of carbonyl (C=O) groups is 1. The van der Waals surface area contributed by atoms with Crippen LogP contribution < -0.4 is 11.0 Å². The van der Waals surface area contributed by atoms with Gasteiger partial charge in [-0.25, -0.2) is 4.79 Å². The van der Waals surface area contributed by atoms with Crippen molar-refractivity contribution in [2.75, 3.05) is 0 Å². The lowest BCUT2D eigenvalue weighted by Gasteiger charge is -2.32. The zero-order valence-corrected chi connectivity index (χ0v) is 19.5. The molecular weight excluding hydrogens is 393 g/mol. The lowest BCUT2D eigenvalue weighted by molar-refractivity contribution is -0.159. The number of carbonyl (C=O) groups excluding carboxylic acids is 1. The van der Waals surface area contributed by atoms with Crippen molar-refractivity contribution in [2.24, 2.45) is 0 Å². The number of benzene rings is 1. The predicted octanol–water partition coefficient (Wildman–Crippen LogP) is 3.27. The molecule has 6 nitrogen and oxygen atoms in total. The summed E-state index contributed by atoms with van der Waals surface area (Å²) in [5.74, 6) is -0.443. The van der Waals surface area contributed by atoms with Crippen LogP contribution in [0.4, 0.5) is 0 Å². The number of esters is 1. The first-order valence-electron chi connectivity index (χ1n) is 10.6. The minimum Gasteiger partial charge on any atom is -0.458 e. The molecule has 3 rings (SSSR count). The van der Waals surface area contributed by atoms with Gasteiger partial charge in [0.2, 0.25) is 0 Å². The highest BCUT2D eigenvalue weighted by Crippen LogP contribution is 2.36. The number of aromatic nitrogens is 1. The maximum absolute atomic E-state index is 13.1. The van der Waals surface area contributed by atoms with Crippen molar-refractivity contribution in [3.63, 3.8) is 0 Å². The van der Waals surface area contributed by atoms with E-state index < -0.39 is 35.9 Å². The van der Waals surface area contributed by atoms with Crippen molar-refractivity contribution >= 4 is 18.6 Å². The highest BCUT2D eigenvalue weighted by Gasteiger charge is 2.51. The van der Waals surface area contributed by atoms with Crippen LogP contribution in [0.25, 0.3) is 0 Å². The van der Waals surface area contributed by atoms with Gasteiger partial charge in [-0.05, 0) is 65.6 Å². The van der Waals surface area contributed by atoms with Gasteiger partial charge >= 0.3 is 13.1 Å². The van der Waals surface area contributed by atoms with Gasteiger partial charge in [-0.15, -0.1) is 0 Å². The zero-order chi connectivity index (χ0) is 23.0. The van der Waals surface area contributed by atoms with Crippen LogP contribution >= 0.6 is 0 Å². The predicted molar refractivity (Wildman–Crippen MR) is 121 cm³/mol. The Balaban J connectivity index is 1.92. The van der Waals surface area contributed by atoms with Gasteiger partial charge in [-0.2, -0.15) is 0 Å². The molecule has 0 bridgehead atoms. The van der Waals surface area contributed by atoms with Crippen molar-refractivity contribution in [1.82, 2.24) is 4.57 Å². The molecule has 0 spiro atoms. The van der Waals surface area contributed by atoms with Crippen LogP contribution in [0.15, 0.2) is 53.5 Å². The Hall–Kier alpha value is -2.38. The molecule has 1 saturated heterocycles. The number of hydrogen-bond acceptors (Lipinski definition) is 5. The SMILES string of the molecule is CC(C)(C)OC(=O)[C@H](Cc1ccccc1)n1ccc(B2OC(C)(C)C(C)(C)O2)cc1=O. The van der Waals surface area contributed by atoms with Crippen molar-refractivity contribution in [1.29, 1.82) is 0 Å². The number of pyridine rings is 1. The Bertz CT molecular complexity index is 975. The van der Waals surface area contributed by atoms with Crippen molar-refractivity contribution in [3.8, 4) is 0 Å². The first-order chi connectivity index (χ1) is 14.3. The van der Waals surface area contributed by atoms with Crippen molar-refractivity contribution in [2.45, 2.75) is 77.7 Å². The Morgan fingerprint density at radius 2 is 1.65 bits per heavy atom. The van der Waals surface area contributed by atoms with Crippen LogP contribution in [0, 0.1) is 0 Å². The normalized spacial score (nSPS) is 18.6. The first-order valence-corrected chi connectivity index (χ1v) is 10.6. The van der Waals surface area contributed by atoms with Crippen LogP contribution in [-0.4, -0.2) is 34.5 Å². The maximum Gasteiger partial charge on any atom is 0.495 e. The molecular formula is C24H32BNO5. The average molecular weight is 425 g/mol. The van der Waals surface area contributed by atoms with Gasteiger partial charge in [0, 0.05) is 18.7 Å². The van der Waals surface area contributed by atoms with Gasteiger partial charge in [0.25, 0.3) is 5.56 Å². The molecule has 1 aromatic carbocycles. The highest BCUT2D eigenvalue weighted by atomic mass is 16.7. The fourth-order valence-electron chi connectivity index (χ4n) is 3.39. The van der Waals surface area contributed by atoms with Gasteiger partial charge in [-0.1, -0.05) is 30.3 Å². The average Bonchev–Trinajstić information content (AvgIpc) is 2.87. The molecule has 0 amide bonds. The lowest BCUT2D eigenvalue weighted by Crippen LogP contribution is -2.41. The molecule has 1 atom stereocenters. The Kier molecular flexibility index (Phi) is 6.22. The van der Waals surface area contributed by atoms with Crippen molar-refractivity contribution in [3.05, 3.63) is 64.6 Å². The molecule has 0 unspecified atom stereocenters. The fraction of sp³-hybridized carbons (Fsp3) is 0.500. The number of hydrogen-bond donors (Lipinski definition) is 0. The van der Waals surface area contributed by atoms with E-state index in [4.69, 9.17) is 14.0 Å². The summed E-state index contributed by atoms with van der Waals surface area (Å²) in [5, 5.41) is 0. The van der Waals surface area contributed by atoms with E-state index in [1.807, 2.05) is 78.8 Å². The van der Waals surface area contributed by atoms with E-state index in [-0.39, 0.29) is 5.56 Å². The van der Waals surface area contributed by atoms with Crippen molar-refractivity contribution < 1.29 is 18.8 Å². The number of ether oxygens (including phenoxy) is 1. The molecule has 2 aromatic rings. The van der Waals surface area contributed by atoms with Gasteiger partial charge in [0.1, 0.15) is 11.6 Å². The second-order valence-electron chi connectivity index (χ2n) is 10.0. The summed E-state index contributed by atoms with van der Waals surface area (Å²) < 4.78 is 19.1. The molecule has 1 aliphatic rings. The van der Waals surface area contributed by atoms with E-state index in [1.165, 1.54) is 10.6 Å². The van der Waals surface area contributed by atoms with Gasteiger partial charge in [0.05, 0.1) is 11.2 Å². The second-order valence-corrected chi connectivity index (χ2v) is 10.0. The third-order valence-corrected chi connectivity index (χ3v) is 5.78. The molecule has 0 aliphatic carbocycles. The molecule has 0 N–H and O–H groups in total. The lowest BCUT2D eigenvalue weighted by atomic mass is 9.80. The second kappa shape index (κ2) is 8.28. The van der Waals surface area contributed by atoms with E-state index in [9.17, 15) is 9.59 Å². The number of rotatable bonds is 5. The molecule has 1 aromatic heterocycles. The third-order valence-electron chi connectivity index (χ3n) is 5.78. The van der Waals surface area contributed by atoms with Crippen LogP contribution in [0.3, 0.4) is 0 Å². The summed E-state index contributed by atoms with van der Waals surface area (Å²) in [6.07, 6.45) is 1.98. The van der Waals surface area contributed by atoms with Gasteiger partial charge in [0.15, 0.2) is 0 Å². The molecule has 0 saturated carbocycles. The topological polar surface area (TPSA) is 66.8 Å². The van der Waals surface area contributed by atoms with Crippen LogP contribution in [0.1, 0.15) is 60.1 Å². The maximum atomic E-state index is 13.1. The third kappa shape index (κ3) is 5.28. The summed E-state index contributed by atoms with van der Waals surface area (Å²) in [6, 6.07) is 12.1. The molecule has 0 radical (unpaired) electrons. The molecule has 31 heavy (non-hydrogen) atoms. The quantitative estimate of drug-likeness (QED) is 0.544. The first kappa shape index (κ1) is 23.3. The summed E-state index contributed by atoms with van der Waals surface area (Å²) in [5.41, 5.74) is -0.391. The van der Waals surface area contributed by atoms with Crippen LogP contribution in [-0.2, 0) is 25.3 Å². The monoisotopic (exact) mass is 425 g/mol. The van der Waals surface area contributed by atoms with E-state index >= 15 is 0 Å². The fourth-order valence-corrected chi connectivity index (χ4v) is 3.39. The largest absolute Gasteiger partial charge is 0.495 e. The Morgan fingerprint density at radius 3 is 2.16 bits per heavy atom.